The third kappa shape index (κ3) is 16.1. The number of aryl methyl sites for hydroxylation is 2. The van der Waals surface area contributed by atoms with Crippen molar-refractivity contribution in [3.05, 3.63) is 87.5 Å². The number of hydrogen-bond donors (Lipinski definition) is 0. The Morgan fingerprint density at radius 3 is 1.51 bits per heavy atom. The monoisotopic (exact) mass is 756 g/mol. The van der Waals surface area contributed by atoms with E-state index in [0.29, 0.717) is 0 Å². The molecule has 3 rings (SSSR count). The van der Waals surface area contributed by atoms with Crippen molar-refractivity contribution in [1.82, 2.24) is 0 Å². The second-order valence-corrected chi connectivity index (χ2v) is 15.9. The Labute approximate surface area is 311 Å². The van der Waals surface area contributed by atoms with Gasteiger partial charge in [-0.2, -0.15) is 0 Å². The van der Waals surface area contributed by atoms with Crippen molar-refractivity contribution in [2.45, 2.75) is 180 Å². The summed E-state index contributed by atoms with van der Waals surface area (Å²) in [4.78, 5) is 3.04. The number of rotatable bonds is 23. The fourth-order valence-electron chi connectivity index (χ4n) is 6.01. The van der Waals surface area contributed by atoms with Gasteiger partial charge in [0.15, 0.2) is 0 Å². The van der Waals surface area contributed by atoms with Crippen LogP contribution in [0.15, 0.2) is 59.7 Å². The first-order valence-electron chi connectivity index (χ1n) is 20.1. The molecular formula is C46H70N2Pd. The molecule has 0 bridgehead atoms. The van der Waals surface area contributed by atoms with Crippen molar-refractivity contribution in [3.8, 4) is 11.8 Å². The van der Waals surface area contributed by atoms with E-state index in [0.717, 1.165) is 97.4 Å². The molecule has 0 amide bonds. The standard InChI is InChI=1S/C36H48N2.2C5H11.Pd/c1-5-9-13-15-18-30-23-27-32(28-24-30)36-34(20-16-14-10-6-2)33(19-12-8-4)35(38(36)37)31-25-21-29(22-26-31)17-11-7-3;2*1-3-5-4-2;/h21-28H,5-15,17-19H2,1-4H3;2*1,3-5H2,2H3;. The summed E-state index contributed by atoms with van der Waals surface area (Å²) in [6, 6.07) is 17.6. The molecule has 2 nitrogen and oxygen atoms in total. The number of unbranched alkanes of at least 4 members (excludes halogenated alkanes) is 11. The van der Waals surface area contributed by atoms with E-state index in [4.69, 9.17) is 0 Å². The van der Waals surface area contributed by atoms with Crippen LogP contribution >= 0.6 is 0 Å². The molecule has 0 radical (unpaired) electrons. The zero-order valence-electron chi connectivity index (χ0n) is 32.4. The van der Waals surface area contributed by atoms with Crippen molar-refractivity contribution in [2.24, 2.45) is 0 Å². The number of benzene rings is 2. The second kappa shape index (κ2) is 27.5. The SMILES string of the molecule is CCCCC#CC1=C(c2ccc(CCCCCC)cc2)[N+](=[N-])C(c2ccc(CCCC)cc2)=C1CCCC.CCCC[CH2][Pd][CH2]CCCC. The summed E-state index contributed by atoms with van der Waals surface area (Å²) in [6.07, 6.45) is 24.6. The predicted octanol–water partition coefficient (Wildman–Crippen LogP) is 15.0. The number of hydrogen-bond acceptors (Lipinski definition) is 0. The molecule has 0 fully saturated rings. The summed E-state index contributed by atoms with van der Waals surface area (Å²) in [5, 5.41) is 0. The molecule has 0 aliphatic carbocycles. The van der Waals surface area contributed by atoms with Crippen molar-refractivity contribution in [2.75, 3.05) is 0 Å². The van der Waals surface area contributed by atoms with Gasteiger partial charge in [-0.25, -0.2) is 4.70 Å². The minimum atomic E-state index is 0.836. The van der Waals surface area contributed by atoms with Gasteiger partial charge in [0, 0.05) is 23.1 Å². The molecule has 1 heterocycles. The second-order valence-electron chi connectivity index (χ2n) is 13.6. The van der Waals surface area contributed by atoms with Crippen molar-refractivity contribution in [3.63, 3.8) is 0 Å². The first-order valence-corrected chi connectivity index (χ1v) is 22.3. The molecule has 1 aliphatic rings. The van der Waals surface area contributed by atoms with E-state index in [1.165, 1.54) is 108 Å². The van der Waals surface area contributed by atoms with Crippen LogP contribution in [0, 0.1) is 11.8 Å². The normalized spacial score (nSPS) is 12.7. The van der Waals surface area contributed by atoms with Gasteiger partial charge in [0.25, 0.3) is 0 Å². The van der Waals surface area contributed by atoms with Crippen molar-refractivity contribution < 1.29 is 22.7 Å². The van der Waals surface area contributed by atoms with Gasteiger partial charge in [0.1, 0.15) is 5.57 Å². The van der Waals surface area contributed by atoms with Crippen LogP contribution in [0.1, 0.15) is 179 Å². The first kappa shape index (κ1) is 42.9. The molecule has 0 N–H and O–H groups in total. The molecule has 0 saturated heterocycles. The molecule has 0 saturated carbocycles. The van der Waals surface area contributed by atoms with Gasteiger partial charge in [0.05, 0.1) is 0 Å². The molecule has 0 aromatic heterocycles. The van der Waals surface area contributed by atoms with Gasteiger partial charge < -0.3 is 5.53 Å². The third-order valence-electron chi connectivity index (χ3n) is 9.14. The topological polar surface area (TPSA) is 25.3 Å². The Hall–Kier alpha value is -2.26. The van der Waals surface area contributed by atoms with Gasteiger partial charge in [-0.15, -0.1) is 0 Å². The van der Waals surface area contributed by atoms with Gasteiger partial charge >= 0.3 is 80.1 Å². The predicted molar refractivity (Wildman–Crippen MR) is 212 cm³/mol. The van der Waals surface area contributed by atoms with Crippen LogP contribution in [0.4, 0.5) is 0 Å². The van der Waals surface area contributed by atoms with E-state index in [1.807, 2.05) is 0 Å². The summed E-state index contributed by atoms with van der Waals surface area (Å²) in [5.74, 6) is 6.96. The Morgan fingerprint density at radius 2 is 0.980 bits per heavy atom. The Bertz CT molecular complexity index is 1300. The van der Waals surface area contributed by atoms with E-state index in [2.05, 4.69) is 102 Å². The number of allylic oxidation sites excluding steroid dienone is 2. The molecule has 274 valence electrons. The molecule has 2 aromatic rings. The molecule has 49 heavy (non-hydrogen) atoms. The first-order chi connectivity index (χ1) is 24.1. The quantitative estimate of drug-likeness (QED) is 0.0467. The Kier molecular flexibility index (Phi) is 24.0. The van der Waals surface area contributed by atoms with E-state index in [9.17, 15) is 5.53 Å². The zero-order valence-corrected chi connectivity index (χ0v) is 33.9. The molecular weight excluding hydrogens is 687 g/mol. The summed E-state index contributed by atoms with van der Waals surface area (Å²) in [5.41, 5.74) is 20.5. The maximum absolute atomic E-state index is 11.7. The average Bonchev–Trinajstić information content (AvgIpc) is 3.40. The maximum atomic E-state index is 11.7. The summed E-state index contributed by atoms with van der Waals surface area (Å²) >= 11 is 1.08. The van der Waals surface area contributed by atoms with Gasteiger partial charge in [-0.3, -0.25) is 0 Å². The van der Waals surface area contributed by atoms with Gasteiger partial charge in [-0.1, -0.05) is 102 Å². The van der Waals surface area contributed by atoms with Crippen molar-refractivity contribution in [1.29, 1.82) is 0 Å². The van der Waals surface area contributed by atoms with E-state index >= 15 is 0 Å². The fraction of sp³-hybridized carbons (Fsp3) is 0.609. The van der Waals surface area contributed by atoms with Crippen LogP contribution in [-0.2, 0) is 30.8 Å². The summed E-state index contributed by atoms with van der Waals surface area (Å²) in [7, 11) is 0. The molecule has 2 aromatic carbocycles. The molecule has 0 spiro atoms. The molecule has 3 heteroatoms. The van der Waals surface area contributed by atoms with E-state index in [-0.39, 0.29) is 0 Å². The Morgan fingerprint density at radius 1 is 0.510 bits per heavy atom. The summed E-state index contributed by atoms with van der Waals surface area (Å²) < 4.78 is 1.44. The van der Waals surface area contributed by atoms with Crippen LogP contribution in [0.5, 0.6) is 0 Å². The van der Waals surface area contributed by atoms with Gasteiger partial charge in [-0.05, 0) is 80.3 Å². The third-order valence-corrected chi connectivity index (χ3v) is 11.3. The van der Waals surface area contributed by atoms with Crippen LogP contribution < -0.4 is 0 Å². The van der Waals surface area contributed by atoms with Crippen LogP contribution in [-0.4, -0.2) is 4.70 Å². The molecule has 0 atom stereocenters. The molecule has 1 aliphatic heterocycles. The van der Waals surface area contributed by atoms with Crippen LogP contribution in [0.2, 0.25) is 9.79 Å². The number of nitrogens with zero attached hydrogens (tertiary/aromatic N) is 2. The Balaban J connectivity index is 0.000000650. The van der Waals surface area contributed by atoms with Crippen LogP contribution in [0.25, 0.3) is 16.9 Å². The minimum absolute atomic E-state index is 0.836. The fourth-order valence-corrected chi connectivity index (χ4v) is 7.95. The van der Waals surface area contributed by atoms with E-state index < -0.39 is 0 Å². The zero-order chi connectivity index (χ0) is 35.5. The average molecular weight is 757 g/mol. The van der Waals surface area contributed by atoms with Crippen LogP contribution in [0.3, 0.4) is 0 Å². The summed E-state index contributed by atoms with van der Waals surface area (Å²) in [6.45, 7) is 13.5. The molecule has 0 unspecified atom stereocenters. The van der Waals surface area contributed by atoms with Crippen molar-refractivity contribution >= 4 is 11.4 Å². The van der Waals surface area contributed by atoms with Gasteiger partial charge in [0.2, 0.25) is 11.4 Å². The van der Waals surface area contributed by atoms with E-state index in [1.54, 1.807) is 0 Å².